The molecule has 1 N–H and O–H groups in total. The van der Waals surface area contributed by atoms with Crippen LogP contribution in [0.2, 0.25) is 0 Å². The molecule has 2 atom stereocenters. The first-order chi connectivity index (χ1) is 10.2. The van der Waals surface area contributed by atoms with Crippen LogP contribution in [-0.2, 0) is 11.2 Å². The molecule has 0 aliphatic carbocycles. The lowest BCUT2D eigenvalue weighted by Crippen LogP contribution is -2.39. The van der Waals surface area contributed by atoms with E-state index in [2.05, 4.69) is 25.2 Å². The van der Waals surface area contributed by atoms with E-state index in [9.17, 15) is 0 Å². The molecule has 0 radical (unpaired) electrons. The van der Waals surface area contributed by atoms with Crippen LogP contribution >= 0.6 is 0 Å². The first-order valence-electron chi connectivity index (χ1n) is 7.89. The Morgan fingerprint density at radius 1 is 1.38 bits per heavy atom. The van der Waals surface area contributed by atoms with Crippen LogP contribution in [0.15, 0.2) is 18.2 Å². The van der Waals surface area contributed by atoms with Crippen molar-refractivity contribution >= 4 is 0 Å². The average Bonchev–Trinajstić information content (AvgIpc) is 3.05. The quantitative estimate of drug-likeness (QED) is 0.748. The van der Waals surface area contributed by atoms with Gasteiger partial charge in [-0.2, -0.15) is 0 Å². The van der Waals surface area contributed by atoms with E-state index < -0.39 is 0 Å². The summed E-state index contributed by atoms with van der Waals surface area (Å²) in [4.78, 5) is 0. The summed E-state index contributed by atoms with van der Waals surface area (Å²) in [5.74, 6) is 1.61. The molecule has 21 heavy (non-hydrogen) atoms. The molecule has 0 aromatic heterocycles. The maximum Gasteiger partial charge on any atom is 0.161 e. The van der Waals surface area contributed by atoms with Crippen molar-refractivity contribution in [1.29, 1.82) is 0 Å². The number of nitrogens with one attached hydrogen (secondary N) is 1. The second kappa shape index (κ2) is 8.25. The predicted molar refractivity (Wildman–Crippen MR) is 84.3 cm³/mol. The number of aryl methyl sites for hydroxylation is 1. The van der Waals surface area contributed by atoms with Crippen molar-refractivity contribution in [3.63, 3.8) is 0 Å². The Hall–Kier alpha value is -1.26. The Balaban J connectivity index is 1.75. The number of methoxy groups -OCH3 is 1. The molecule has 118 valence electrons. The molecule has 0 saturated carbocycles. The minimum atomic E-state index is 0.350. The van der Waals surface area contributed by atoms with Gasteiger partial charge in [-0.3, -0.25) is 0 Å². The van der Waals surface area contributed by atoms with E-state index in [1.807, 2.05) is 12.1 Å². The molecule has 1 aromatic rings. The first kappa shape index (κ1) is 16.1. The number of ether oxygens (including phenoxy) is 3. The van der Waals surface area contributed by atoms with Crippen LogP contribution in [0.3, 0.4) is 0 Å². The van der Waals surface area contributed by atoms with Gasteiger partial charge in [-0.05, 0) is 43.9 Å². The van der Waals surface area contributed by atoms with E-state index in [0.717, 1.165) is 37.5 Å². The maximum atomic E-state index is 5.81. The van der Waals surface area contributed by atoms with Gasteiger partial charge in [0, 0.05) is 19.2 Å². The third-order valence-corrected chi connectivity index (χ3v) is 3.98. The van der Waals surface area contributed by atoms with Crippen LogP contribution in [0.5, 0.6) is 11.5 Å². The largest absolute Gasteiger partial charge is 0.493 e. The standard InChI is InChI=1S/C17H27NO3/c1-4-14-7-8-16(17(12-14)19-3)21-11-9-18-13(2)15-6-5-10-20-15/h7-8,12-13,15,18H,4-6,9-11H2,1-3H3. The van der Waals surface area contributed by atoms with E-state index >= 15 is 0 Å². The van der Waals surface area contributed by atoms with Gasteiger partial charge in [-0.1, -0.05) is 13.0 Å². The van der Waals surface area contributed by atoms with E-state index in [-0.39, 0.29) is 0 Å². The molecule has 0 spiro atoms. The molecule has 4 nitrogen and oxygen atoms in total. The van der Waals surface area contributed by atoms with Gasteiger partial charge in [-0.15, -0.1) is 0 Å². The molecule has 1 saturated heterocycles. The lowest BCUT2D eigenvalue weighted by atomic mass is 10.1. The van der Waals surface area contributed by atoms with Gasteiger partial charge in [0.15, 0.2) is 11.5 Å². The van der Waals surface area contributed by atoms with Crippen molar-refractivity contribution in [3.8, 4) is 11.5 Å². The summed E-state index contributed by atoms with van der Waals surface area (Å²) < 4.78 is 16.9. The van der Waals surface area contributed by atoms with Gasteiger partial charge in [0.1, 0.15) is 6.61 Å². The Morgan fingerprint density at radius 3 is 2.90 bits per heavy atom. The summed E-state index contributed by atoms with van der Waals surface area (Å²) in [5.41, 5.74) is 1.25. The van der Waals surface area contributed by atoms with Crippen LogP contribution in [-0.4, -0.2) is 39.0 Å². The molecule has 0 amide bonds. The molecule has 2 unspecified atom stereocenters. The molecule has 2 rings (SSSR count). The maximum absolute atomic E-state index is 5.81. The minimum absolute atomic E-state index is 0.350. The zero-order chi connectivity index (χ0) is 15.1. The second-order valence-corrected chi connectivity index (χ2v) is 5.48. The van der Waals surface area contributed by atoms with Gasteiger partial charge in [0.05, 0.1) is 13.2 Å². The van der Waals surface area contributed by atoms with Crippen molar-refractivity contribution < 1.29 is 14.2 Å². The number of hydrogen-bond acceptors (Lipinski definition) is 4. The zero-order valence-electron chi connectivity index (χ0n) is 13.4. The summed E-state index contributed by atoms with van der Waals surface area (Å²) in [7, 11) is 1.68. The minimum Gasteiger partial charge on any atom is -0.493 e. The summed E-state index contributed by atoms with van der Waals surface area (Å²) in [6.07, 6.45) is 3.68. The topological polar surface area (TPSA) is 39.7 Å². The monoisotopic (exact) mass is 293 g/mol. The Bertz CT molecular complexity index is 430. The van der Waals surface area contributed by atoms with Gasteiger partial charge >= 0.3 is 0 Å². The molecular weight excluding hydrogens is 266 g/mol. The van der Waals surface area contributed by atoms with Crippen LogP contribution < -0.4 is 14.8 Å². The predicted octanol–water partition coefficient (Wildman–Crippen LogP) is 2.79. The molecule has 1 heterocycles. The van der Waals surface area contributed by atoms with Crippen LogP contribution in [0.1, 0.15) is 32.3 Å². The molecular formula is C17H27NO3. The normalized spacial score (nSPS) is 19.5. The molecule has 1 fully saturated rings. The fourth-order valence-corrected chi connectivity index (χ4v) is 2.63. The smallest absolute Gasteiger partial charge is 0.161 e. The van der Waals surface area contributed by atoms with Crippen LogP contribution in [0.4, 0.5) is 0 Å². The van der Waals surface area contributed by atoms with Gasteiger partial charge < -0.3 is 19.5 Å². The molecule has 1 aliphatic heterocycles. The Morgan fingerprint density at radius 2 is 2.24 bits per heavy atom. The summed E-state index contributed by atoms with van der Waals surface area (Å²) in [5, 5.41) is 3.46. The fraction of sp³-hybridized carbons (Fsp3) is 0.647. The number of rotatable bonds is 8. The van der Waals surface area contributed by atoms with Crippen molar-refractivity contribution in [2.24, 2.45) is 0 Å². The lowest BCUT2D eigenvalue weighted by molar-refractivity contribution is 0.0824. The SMILES string of the molecule is CCc1ccc(OCCNC(C)C2CCCO2)c(OC)c1. The molecule has 4 heteroatoms. The van der Waals surface area contributed by atoms with E-state index in [1.165, 1.54) is 12.0 Å². The third kappa shape index (κ3) is 4.61. The highest BCUT2D eigenvalue weighted by Crippen LogP contribution is 2.28. The number of hydrogen-bond donors (Lipinski definition) is 1. The lowest BCUT2D eigenvalue weighted by Gasteiger charge is -2.20. The summed E-state index contributed by atoms with van der Waals surface area (Å²) in [6, 6.07) is 6.49. The van der Waals surface area contributed by atoms with Gasteiger partial charge in [0.25, 0.3) is 0 Å². The second-order valence-electron chi connectivity index (χ2n) is 5.48. The van der Waals surface area contributed by atoms with Crippen LogP contribution in [0, 0.1) is 0 Å². The first-order valence-corrected chi connectivity index (χ1v) is 7.89. The van der Waals surface area contributed by atoms with Gasteiger partial charge in [0.2, 0.25) is 0 Å². The highest BCUT2D eigenvalue weighted by molar-refractivity contribution is 5.42. The number of benzene rings is 1. The van der Waals surface area contributed by atoms with Gasteiger partial charge in [-0.25, -0.2) is 0 Å². The van der Waals surface area contributed by atoms with E-state index in [0.29, 0.717) is 18.8 Å². The molecule has 1 aromatic carbocycles. The molecule has 1 aliphatic rings. The van der Waals surface area contributed by atoms with E-state index in [4.69, 9.17) is 14.2 Å². The van der Waals surface area contributed by atoms with Crippen molar-refractivity contribution in [2.75, 3.05) is 26.9 Å². The highest BCUT2D eigenvalue weighted by atomic mass is 16.5. The fourth-order valence-electron chi connectivity index (χ4n) is 2.63. The average molecular weight is 293 g/mol. The summed E-state index contributed by atoms with van der Waals surface area (Å²) in [6.45, 7) is 6.63. The Labute approximate surface area is 127 Å². The molecule has 0 bridgehead atoms. The third-order valence-electron chi connectivity index (χ3n) is 3.98. The van der Waals surface area contributed by atoms with Crippen molar-refractivity contribution in [1.82, 2.24) is 5.32 Å². The van der Waals surface area contributed by atoms with Crippen molar-refractivity contribution in [2.45, 2.75) is 45.3 Å². The highest BCUT2D eigenvalue weighted by Gasteiger charge is 2.21. The van der Waals surface area contributed by atoms with Crippen molar-refractivity contribution in [3.05, 3.63) is 23.8 Å². The zero-order valence-corrected chi connectivity index (χ0v) is 13.4. The summed E-state index contributed by atoms with van der Waals surface area (Å²) >= 11 is 0. The Kier molecular flexibility index (Phi) is 6.33. The van der Waals surface area contributed by atoms with Crippen LogP contribution in [0.25, 0.3) is 0 Å². The van der Waals surface area contributed by atoms with E-state index in [1.54, 1.807) is 7.11 Å².